The summed E-state index contributed by atoms with van der Waals surface area (Å²) in [6.07, 6.45) is 6.85. The Morgan fingerprint density at radius 1 is 0.841 bits per heavy atom. The normalized spacial score (nSPS) is 18.5. The molecule has 1 aliphatic carbocycles. The molecule has 7 rings (SSSR count). The number of hydrogen-bond acceptors (Lipinski definition) is 12. The molecule has 0 saturated carbocycles. The predicted molar refractivity (Wildman–Crippen MR) is 270 cm³/mol. The molecule has 0 bridgehead atoms. The van der Waals surface area contributed by atoms with E-state index in [1.807, 2.05) is 16.9 Å². The second-order valence-electron chi connectivity index (χ2n) is 19.9. The summed E-state index contributed by atoms with van der Waals surface area (Å²) >= 11 is 7.63. The van der Waals surface area contributed by atoms with E-state index in [0.29, 0.717) is 29.8 Å². The summed E-state index contributed by atoms with van der Waals surface area (Å²) in [7, 11) is -10.9. The van der Waals surface area contributed by atoms with Crippen molar-refractivity contribution in [2.45, 2.75) is 92.1 Å². The van der Waals surface area contributed by atoms with E-state index in [1.54, 1.807) is 36.7 Å². The molecule has 2 fully saturated rings. The lowest BCUT2D eigenvalue weighted by molar-refractivity contribution is -0.0435. The molecule has 1 aromatic heterocycles. The van der Waals surface area contributed by atoms with Gasteiger partial charge in [-0.15, -0.1) is 11.8 Å². The number of nitrogens with one attached hydrogen (secondary N) is 2. The zero-order valence-electron chi connectivity index (χ0n) is 39.9. The zero-order valence-corrected chi connectivity index (χ0v) is 43.1. The van der Waals surface area contributed by atoms with Crippen LogP contribution >= 0.6 is 23.4 Å². The van der Waals surface area contributed by atoms with Crippen molar-refractivity contribution in [1.29, 1.82) is 0 Å². The van der Waals surface area contributed by atoms with Crippen LogP contribution in [-0.2, 0) is 19.9 Å². The summed E-state index contributed by atoms with van der Waals surface area (Å²) in [6, 6.07) is 20.1. The SMILES string of the molecule is CC1(C)CCC(c2ccc(Cl)cc2)=C(CN2CCN(c3ccc(C(=O)NS(=O)(=O)c4ccc(NC(CCN5CCN(C(C)(C)C)CC5)CSc5ccncc5)c(S(=O)(=O)C(F)(F)F)c4)cc3)CC2)C1. The topological polar surface area (TPSA) is 135 Å². The first-order chi connectivity index (χ1) is 32.5. The molecule has 1 atom stereocenters. The van der Waals surface area contributed by atoms with Crippen molar-refractivity contribution in [3.63, 3.8) is 0 Å². The van der Waals surface area contributed by atoms with Crippen LogP contribution in [0.2, 0.25) is 5.02 Å². The zero-order chi connectivity index (χ0) is 49.8. The number of benzene rings is 3. The molecule has 3 aromatic carbocycles. The number of halogens is 4. The maximum absolute atomic E-state index is 14.3. The van der Waals surface area contributed by atoms with Gasteiger partial charge in [0.15, 0.2) is 0 Å². The largest absolute Gasteiger partial charge is 0.501 e. The van der Waals surface area contributed by atoms with Gasteiger partial charge in [-0.05, 0) is 130 Å². The van der Waals surface area contributed by atoms with Crippen molar-refractivity contribution in [3.05, 3.63) is 113 Å². The first-order valence-electron chi connectivity index (χ1n) is 23.3. The lowest BCUT2D eigenvalue weighted by Gasteiger charge is -2.42. The van der Waals surface area contributed by atoms with Gasteiger partial charge in [0.25, 0.3) is 25.8 Å². The fourth-order valence-corrected chi connectivity index (χ4v) is 12.3. The third kappa shape index (κ3) is 13.6. The summed E-state index contributed by atoms with van der Waals surface area (Å²) < 4.78 is 98.5. The van der Waals surface area contributed by atoms with Crippen LogP contribution in [0.15, 0.2) is 112 Å². The van der Waals surface area contributed by atoms with Crippen LogP contribution in [-0.4, -0.2) is 131 Å². The number of carbonyl (C=O) groups is 1. The monoisotopic (exact) mass is 1030 g/mol. The first kappa shape index (κ1) is 52.6. The molecule has 3 heterocycles. The van der Waals surface area contributed by atoms with Crippen LogP contribution in [0.1, 0.15) is 76.2 Å². The van der Waals surface area contributed by atoms with Crippen molar-refractivity contribution in [3.8, 4) is 0 Å². The van der Waals surface area contributed by atoms with E-state index in [-0.39, 0.29) is 16.5 Å². The van der Waals surface area contributed by atoms with Crippen molar-refractivity contribution >= 4 is 66.1 Å². The third-order valence-electron chi connectivity index (χ3n) is 13.3. The number of hydrogen-bond donors (Lipinski definition) is 2. The van der Waals surface area contributed by atoms with Gasteiger partial charge in [0, 0.05) is 116 Å². The molecule has 374 valence electrons. The van der Waals surface area contributed by atoms with Gasteiger partial charge in [-0.2, -0.15) is 13.2 Å². The number of thioether (sulfide) groups is 1. The molecule has 0 radical (unpaired) electrons. The Hall–Kier alpha value is -4.17. The van der Waals surface area contributed by atoms with Crippen molar-refractivity contribution < 1.29 is 34.8 Å². The molecule has 1 amide bonds. The summed E-state index contributed by atoms with van der Waals surface area (Å²) in [4.78, 5) is 25.6. The molecule has 0 spiro atoms. The highest BCUT2D eigenvalue weighted by Gasteiger charge is 2.48. The second-order valence-corrected chi connectivity index (χ2v) is 25.0. The number of carbonyl (C=O) groups excluding carboxylic acids is 1. The van der Waals surface area contributed by atoms with Crippen molar-refractivity contribution in [1.82, 2.24) is 24.4 Å². The van der Waals surface area contributed by atoms with Crippen LogP contribution in [0.3, 0.4) is 0 Å². The van der Waals surface area contributed by atoms with E-state index in [9.17, 15) is 34.8 Å². The predicted octanol–water partition coefficient (Wildman–Crippen LogP) is 9.31. The van der Waals surface area contributed by atoms with E-state index in [1.165, 1.54) is 40.6 Å². The lowest BCUT2D eigenvalue weighted by Crippen LogP contribution is -2.53. The van der Waals surface area contributed by atoms with Crippen LogP contribution in [0.5, 0.6) is 0 Å². The molecule has 19 heteroatoms. The average molecular weight is 1030 g/mol. The van der Waals surface area contributed by atoms with Gasteiger partial charge in [0.05, 0.1) is 10.6 Å². The van der Waals surface area contributed by atoms with Crippen molar-refractivity contribution in [2.75, 3.05) is 81.4 Å². The molecule has 69 heavy (non-hydrogen) atoms. The Balaban J connectivity index is 1.02. The standard InChI is InChI=1S/C50H63ClF3N7O5S3/c1-48(2,3)61-30-26-58(27-31-61)23-19-40(35-67-42-17-21-55-22-18-42)56-45-15-14-43(32-46(45)68(63,64)50(52,53)54)69(65,66)57-47(62)37-8-12-41(13-9-37)60-28-24-59(25-29-60)34-38-33-49(4,5)20-16-44(38)36-6-10-39(51)11-7-36/h6-15,17-18,21-22,32,40,56H,16,19-20,23-31,33-35H2,1-5H3,(H,57,62). The molecule has 1 unspecified atom stereocenters. The van der Waals surface area contributed by atoms with Crippen LogP contribution in [0.4, 0.5) is 24.5 Å². The van der Waals surface area contributed by atoms with Crippen LogP contribution < -0.4 is 14.9 Å². The minimum atomic E-state index is -6.07. The number of piperazine rings is 2. The number of sulfonamides is 1. The minimum absolute atomic E-state index is 0.00155. The lowest BCUT2D eigenvalue weighted by atomic mass is 9.73. The number of amides is 1. The molecular weight excluding hydrogens is 967 g/mol. The highest BCUT2D eigenvalue weighted by molar-refractivity contribution is 7.99. The van der Waals surface area contributed by atoms with Gasteiger partial charge in [0.2, 0.25) is 0 Å². The summed E-state index contributed by atoms with van der Waals surface area (Å²) in [5, 5.41) is 3.75. The van der Waals surface area contributed by atoms with E-state index in [2.05, 4.69) is 76.7 Å². The number of allylic oxidation sites excluding steroid dienone is 1. The number of aromatic nitrogens is 1. The Morgan fingerprint density at radius 2 is 1.48 bits per heavy atom. The summed E-state index contributed by atoms with van der Waals surface area (Å²) in [5.41, 5.74) is -1.01. The molecule has 4 aromatic rings. The van der Waals surface area contributed by atoms with Gasteiger partial charge < -0.3 is 15.1 Å². The molecule has 2 aliphatic heterocycles. The van der Waals surface area contributed by atoms with Crippen LogP contribution in [0.25, 0.3) is 5.57 Å². The quantitative estimate of drug-likeness (QED) is 0.104. The minimum Gasteiger partial charge on any atom is -0.380 e. The van der Waals surface area contributed by atoms with Crippen molar-refractivity contribution in [2.24, 2.45) is 5.41 Å². The Bertz CT molecular complexity index is 2670. The number of pyridine rings is 1. The van der Waals surface area contributed by atoms with Gasteiger partial charge in [-0.25, -0.2) is 21.6 Å². The number of alkyl halides is 3. The maximum atomic E-state index is 14.3. The Kier molecular flexibility index (Phi) is 16.5. The highest BCUT2D eigenvalue weighted by Crippen LogP contribution is 2.43. The molecule has 2 N–H and O–H groups in total. The van der Waals surface area contributed by atoms with E-state index >= 15 is 0 Å². The second kappa shape index (κ2) is 21.7. The molecule has 12 nitrogen and oxygen atoms in total. The number of anilines is 2. The van der Waals surface area contributed by atoms with Gasteiger partial charge in [-0.3, -0.25) is 19.6 Å². The maximum Gasteiger partial charge on any atom is 0.501 e. The average Bonchev–Trinajstić information content (AvgIpc) is 3.30. The van der Waals surface area contributed by atoms with E-state index in [0.717, 1.165) is 101 Å². The highest BCUT2D eigenvalue weighted by atomic mass is 35.5. The Labute approximate surface area is 415 Å². The number of sulfone groups is 1. The molecular formula is C50H63ClF3N7O5S3. The molecule has 3 aliphatic rings. The fraction of sp³-hybridized carbons (Fsp3) is 0.480. The molecule has 2 saturated heterocycles. The fourth-order valence-electron chi connectivity index (χ4n) is 9.23. The Morgan fingerprint density at radius 3 is 2.10 bits per heavy atom. The summed E-state index contributed by atoms with van der Waals surface area (Å²) in [5.74, 6) is -0.669. The summed E-state index contributed by atoms with van der Waals surface area (Å²) in [6.45, 7) is 19.0. The smallest absolute Gasteiger partial charge is 0.380 e. The third-order valence-corrected chi connectivity index (χ3v) is 17.6. The van der Waals surface area contributed by atoms with Gasteiger partial charge in [-0.1, -0.05) is 43.2 Å². The number of nitrogens with zero attached hydrogens (tertiary/aromatic N) is 5. The van der Waals surface area contributed by atoms with Gasteiger partial charge in [0.1, 0.15) is 4.90 Å². The van der Waals surface area contributed by atoms with E-state index < -0.39 is 52.8 Å². The first-order valence-corrected chi connectivity index (χ1v) is 27.6. The van der Waals surface area contributed by atoms with Gasteiger partial charge >= 0.3 is 5.51 Å². The van der Waals surface area contributed by atoms with E-state index in [4.69, 9.17) is 11.6 Å². The van der Waals surface area contributed by atoms with Crippen LogP contribution in [0, 0.1) is 5.41 Å². The number of rotatable bonds is 16.